The first kappa shape index (κ1) is 18.2. The van der Waals surface area contributed by atoms with Crippen LogP contribution in [0.4, 0.5) is 5.13 Å². The second kappa shape index (κ2) is 8.64. The molecule has 0 unspecified atom stereocenters. The van der Waals surface area contributed by atoms with E-state index in [-0.39, 0.29) is 0 Å². The lowest BCUT2D eigenvalue weighted by molar-refractivity contribution is -0.104. The largest absolute Gasteiger partial charge is 0.497 e. The number of hydrogen-bond acceptors (Lipinski definition) is 6. The number of nitrogens with zero attached hydrogens (tertiary/aromatic N) is 2. The van der Waals surface area contributed by atoms with Crippen molar-refractivity contribution in [2.75, 3.05) is 14.2 Å². The van der Waals surface area contributed by atoms with E-state index in [1.54, 1.807) is 14.2 Å². The van der Waals surface area contributed by atoms with Crippen molar-refractivity contribution in [3.8, 4) is 5.75 Å². The molecule has 3 rings (SSSR count). The molecule has 26 heavy (non-hydrogen) atoms. The Morgan fingerprint density at radius 3 is 2.65 bits per heavy atom. The summed E-state index contributed by atoms with van der Waals surface area (Å²) in [6.45, 7) is 0. The summed E-state index contributed by atoms with van der Waals surface area (Å²) in [6.07, 6.45) is 2.63. The lowest BCUT2D eigenvalue weighted by atomic mass is 10.2. The molecule has 1 N–H and O–H groups in total. The Morgan fingerprint density at radius 1 is 1.23 bits per heavy atom. The van der Waals surface area contributed by atoms with Crippen LogP contribution in [0.2, 0.25) is 0 Å². The minimum absolute atomic E-state index is 0.546. The second-order valence-electron chi connectivity index (χ2n) is 5.17. The molecule has 0 amide bonds. The summed E-state index contributed by atoms with van der Waals surface area (Å²) in [5.74, 6) is 0.774. The lowest BCUT2D eigenvalue weighted by Crippen LogP contribution is -2.14. The average molecular weight is 383 g/mol. The third-order valence-electron chi connectivity index (χ3n) is 3.45. The van der Waals surface area contributed by atoms with Crippen molar-refractivity contribution in [1.29, 1.82) is 0 Å². The van der Waals surface area contributed by atoms with Crippen LogP contribution in [0.3, 0.4) is 0 Å². The number of nitrogens with one attached hydrogen (secondary N) is 1. The van der Waals surface area contributed by atoms with E-state index in [0.717, 1.165) is 27.8 Å². The van der Waals surface area contributed by atoms with Crippen LogP contribution in [0.15, 0.2) is 58.4 Å². The molecule has 5 nitrogen and oxygen atoms in total. The standard InChI is InChI=1S/C19H17N3O2S2/c1-20-18(22-19-21-16-5-3-4-6-17(16)26-19)25-15(12-23)11-13-7-9-14(24-2)10-8-13/h3-12H,1-2H3,(H,20,21,22)/b15-11+. The number of carbonyl (C=O) groups is 1. The van der Waals surface area contributed by atoms with Gasteiger partial charge in [-0.15, -0.1) is 0 Å². The molecule has 0 saturated carbocycles. The van der Waals surface area contributed by atoms with Crippen LogP contribution in [-0.2, 0) is 4.79 Å². The van der Waals surface area contributed by atoms with E-state index < -0.39 is 0 Å². The minimum atomic E-state index is 0.546. The van der Waals surface area contributed by atoms with Gasteiger partial charge in [0.2, 0.25) is 5.13 Å². The Kier molecular flexibility index (Phi) is 6.04. The van der Waals surface area contributed by atoms with Gasteiger partial charge in [-0.25, -0.2) is 4.98 Å². The molecule has 0 radical (unpaired) electrons. The van der Waals surface area contributed by atoms with Crippen LogP contribution in [0.5, 0.6) is 5.75 Å². The number of para-hydroxylation sites is 1. The first-order chi connectivity index (χ1) is 12.7. The van der Waals surface area contributed by atoms with E-state index in [1.165, 1.54) is 23.1 Å². The third-order valence-corrected chi connectivity index (χ3v) is 5.32. The predicted molar refractivity (Wildman–Crippen MR) is 110 cm³/mol. The first-order valence-corrected chi connectivity index (χ1v) is 9.46. The van der Waals surface area contributed by atoms with E-state index in [0.29, 0.717) is 15.2 Å². The molecule has 0 saturated heterocycles. The molecular formula is C19H17N3O2S2. The fourth-order valence-corrected chi connectivity index (χ4v) is 3.79. The Morgan fingerprint density at radius 2 is 2.00 bits per heavy atom. The van der Waals surface area contributed by atoms with Gasteiger partial charge in [-0.2, -0.15) is 4.99 Å². The number of thioether (sulfide) groups is 1. The van der Waals surface area contributed by atoms with Gasteiger partial charge >= 0.3 is 0 Å². The summed E-state index contributed by atoms with van der Waals surface area (Å²) in [5.41, 5.74) is 1.83. The topological polar surface area (TPSA) is 63.6 Å². The number of aldehydes is 1. The molecule has 0 atom stereocenters. The smallest absolute Gasteiger partial charge is 0.212 e. The summed E-state index contributed by atoms with van der Waals surface area (Å²) in [7, 11) is 3.39. The van der Waals surface area contributed by atoms with Gasteiger partial charge in [0.1, 0.15) is 5.75 Å². The first-order valence-electron chi connectivity index (χ1n) is 7.82. The maximum absolute atomic E-state index is 11.5. The average Bonchev–Trinajstić information content (AvgIpc) is 3.09. The zero-order chi connectivity index (χ0) is 18.4. The number of fused-ring (bicyclic) bond motifs is 1. The molecule has 0 bridgehead atoms. The van der Waals surface area contributed by atoms with E-state index >= 15 is 0 Å². The lowest BCUT2D eigenvalue weighted by Gasteiger charge is -2.04. The number of hydrogen-bond donors (Lipinski definition) is 1. The van der Waals surface area contributed by atoms with Gasteiger partial charge in [-0.3, -0.25) is 4.79 Å². The van der Waals surface area contributed by atoms with E-state index in [4.69, 9.17) is 4.74 Å². The molecule has 7 heteroatoms. The van der Waals surface area contributed by atoms with Gasteiger partial charge in [0.05, 0.1) is 22.2 Å². The minimum Gasteiger partial charge on any atom is -0.497 e. The molecule has 0 aliphatic heterocycles. The molecule has 0 fully saturated rings. The van der Waals surface area contributed by atoms with Crippen LogP contribution >= 0.6 is 23.1 Å². The van der Waals surface area contributed by atoms with Crippen molar-refractivity contribution in [3.63, 3.8) is 0 Å². The van der Waals surface area contributed by atoms with Crippen molar-refractivity contribution < 1.29 is 9.53 Å². The highest BCUT2D eigenvalue weighted by Crippen LogP contribution is 2.29. The van der Waals surface area contributed by atoms with Gasteiger partial charge in [-0.1, -0.05) is 35.6 Å². The third kappa shape index (κ3) is 4.50. The van der Waals surface area contributed by atoms with Gasteiger partial charge < -0.3 is 10.1 Å². The Balaban J connectivity index is 1.81. The number of amidine groups is 1. The zero-order valence-corrected chi connectivity index (χ0v) is 15.9. The van der Waals surface area contributed by atoms with Crippen molar-refractivity contribution in [1.82, 2.24) is 10.3 Å². The maximum Gasteiger partial charge on any atom is 0.212 e. The number of aromatic nitrogens is 1. The number of carbonyl (C=O) groups excluding carboxylic acids is 1. The molecule has 0 aliphatic rings. The van der Waals surface area contributed by atoms with Crippen LogP contribution in [0, 0.1) is 0 Å². The highest BCUT2D eigenvalue weighted by atomic mass is 32.2. The van der Waals surface area contributed by atoms with Crippen LogP contribution in [0.25, 0.3) is 16.3 Å². The van der Waals surface area contributed by atoms with Gasteiger partial charge in [0.25, 0.3) is 0 Å². The second-order valence-corrected chi connectivity index (χ2v) is 7.24. The van der Waals surface area contributed by atoms with Gasteiger partial charge in [-0.05, 0) is 47.7 Å². The summed E-state index contributed by atoms with van der Waals surface area (Å²) in [5, 5.41) is 4.28. The molecule has 0 aliphatic carbocycles. The normalized spacial score (nSPS) is 12.2. The molecule has 0 spiro atoms. The van der Waals surface area contributed by atoms with Crippen molar-refractivity contribution in [2.45, 2.75) is 0 Å². The maximum atomic E-state index is 11.5. The van der Waals surface area contributed by atoms with E-state index in [2.05, 4.69) is 15.3 Å². The molecule has 2 aromatic carbocycles. The number of ether oxygens (including phenoxy) is 1. The molecule has 3 aromatic rings. The van der Waals surface area contributed by atoms with Gasteiger partial charge in [0, 0.05) is 7.05 Å². The fourth-order valence-electron chi connectivity index (χ4n) is 2.19. The summed E-state index contributed by atoms with van der Waals surface area (Å²) in [4.78, 5) is 21.0. The number of rotatable bonds is 5. The quantitative estimate of drug-likeness (QED) is 0.304. The Bertz CT molecular complexity index is 929. The van der Waals surface area contributed by atoms with Crippen LogP contribution in [0.1, 0.15) is 5.56 Å². The number of thiazole rings is 1. The monoisotopic (exact) mass is 383 g/mol. The molecular weight excluding hydrogens is 366 g/mol. The van der Waals surface area contributed by atoms with Crippen molar-refractivity contribution in [3.05, 3.63) is 59.0 Å². The number of allylic oxidation sites excluding steroid dienone is 1. The Hall–Kier alpha value is -2.64. The highest BCUT2D eigenvalue weighted by molar-refractivity contribution is 8.17. The van der Waals surface area contributed by atoms with E-state index in [1.807, 2.05) is 54.6 Å². The molecule has 1 aromatic heterocycles. The number of methoxy groups -OCH3 is 1. The van der Waals surface area contributed by atoms with Crippen molar-refractivity contribution >= 4 is 56.0 Å². The number of benzene rings is 2. The summed E-state index contributed by atoms with van der Waals surface area (Å²) >= 11 is 2.78. The van der Waals surface area contributed by atoms with Crippen LogP contribution in [-0.4, -0.2) is 30.6 Å². The fraction of sp³-hybridized carbons (Fsp3) is 0.105. The predicted octanol–water partition coefficient (Wildman–Crippen LogP) is 4.49. The van der Waals surface area contributed by atoms with Crippen molar-refractivity contribution in [2.24, 2.45) is 4.99 Å². The highest BCUT2D eigenvalue weighted by Gasteiger charge is 2.07. The summed E-state index contributed by atoms with van der Waals surface area (Å²) in [6, 6.07) is 15.4. The zero-order valence-electron chi connectivity index (χ0n) is 14.3. The van der Waals surface area contributed by atoms with E-state index in [9.17, 15) is 4.79 Å². The van der Waals surface area contributed by atoms with Crippen LogP contribution < -0.4 is 10.1 Å². The SMILES string of the molecule is CN/C(=N\c1nc2ccccc2s1)S/C(C=O)=C/c1ccc(OC)cc1. The number of aliphatic imine (C=N–C) groups is 1. The molecule has 1 heterocycles. The van der Waals surface area contributed by atoms with Gasteiger partial charge in [0.15, 0.2) is 11.5 Å². The molecule has 132 valence electrons. The Labute approximate surface area is 159 Å². The summed E-state index contributed by atoms with van der Waals surface area (Å²) < 4.78 is 6.22.